The maximum Gasteiger partial charge on any atom is 0.334 e. The summed E-state index contributed by atoms with van der Waals surface area (Å²) in [4.78, 5) is 25.7. The summed E-state index contributed by atoms with van der Waals surface area (Å²) in [5.74, 6) is -0.668. The SMILES string of the molecule is COc1ccc(OC)c(-n2c(=O)[nH]c(Cl)c(F)c2=O)c1. The molecule has 0 aliphatic rings. The average molecular weight is 301 g/mol. The van der Waals surface area contributed by atoms with Gasteiger partial charge in [-0.2, -0.15) is 4.39 Å². The number of H-pyrrole nitrogens is 1. The summed E-state index contributed by atoms with van der Waals surface area (Å²) in [6.45, 7) is 0. The number of ether oxygens (including phenoxy) is 2. The molecule has 0 spiro atoms. The molecule has 1 aromatic heterocycles. The van der Waals surface area contributed by atoms with Gasteiger partial charge in [0.25, 0.3) is 5.56 Å². The first-order valence-corrected chi connectivity index (χ1v) is 5.80. The summed E-state index contributed by atoms with van der Waals surface area (Å²) in [7, 11) is 2.78. The molecule has 0 amide bonds. The minimum atomic E-state index is -1.25. The van der Waals surface area contributed by atoms with Crippen LogP contribution in [0.4, 0.5) is 4.39 Å². The fourth-order valence-electron chi connectivity index (χ4n) is 1.68. The third-order valence-electron chi connectivity index (χ3n) is 2.63. The summed E-state index contributed by atoms with van der Waals surface area (Å²) in [6, 6.07) is 4.45. The first-order chi connectivity index (χ1) is 9.49. The van der Waals surface area contributed by atoms with Gasteiger partial charge in [0, 0.05) is 6.07 Å². The molecule has 0 unspecified atom stereocenters. The molecule has 0 aliphatic heterocycles. The summed E-state index contributed by atoms with van der Waals surface area (Å²) >= 11 is 5.41. The second-order valence-corrected chi connectivity index (χ2v) is 4.11. The molecule has 106 valence electrons. The van der Waals surface area contributed by atoms with Crippen molar-refractivity contribution >= 4 is 11.6 Å². The Morgan fingerprint density at radius 3 is 2.55 bits per heavy atom. The zero-order chi connectivity index (χ0) is 14.9. The van der Waals surface area contributed by atoms with Crippen LogP contribution in [0.5, 0.6) is 11.5 Å². The number of methoxy groups -OCH3 is 2. The van der Waals surface area contributed by atoms with Crippen LogP contribution in [-0.2, 0) is 0 Å². The number of hydrogen-bond donors (Lipinski definition) is 1. The number of nitrogens with one attached hydrogen (secondary N) is 1. The summed E-state index contributed by atoms with van der Waals surface area (Å²) in [6.07, 6.45) is 0. The average Bonchev–Trinajstić information content (AvgIpc) is 2.44. The lowest BCUT2D eigenvalue weighted by molar-refractivity contribution is 0.400. The first-order valence-electron chi connectivity index (χ1n) is 5.42. The van der Waals surface area contributed by atoms with Crippen LogP contribution in [0, 0.1) is 5.82 Å². The van der Waals surface area contributed by atoms with E-state index in [0.29, 0.717) is 10.3 Å². The van der Waals surface area contributed by atoms with Crippen molar-refractivity contribution in [3.8, 4) is 17.2 Å². The number of halogens is 2. The Morgan fingerprint density at radius 2 is 1.95 bits per heavy atom. The van der Waals surface area contributed by atoms with Crippen molar-refractivity contribution in [3.05, 3.63) is 50.0 Å². The van der Waals surface area contributed by atoms with Crippen molar-refractivity contribution in [2.24, 2.45) is 0 Å². The van der Waals surface area contributed by atoms with Crippen LogP contribution in [0.1, 0.15) is 0 Å². The molecule has 0 saturated heterocycles. The van der Waals surface area contributed by atoms with Gasteiger partial charge in [-0.05, 0) is 12.1 Å². The van der Waals surface area contributed by atoms with Crippen LogP contribution in [-0.4, -0.2) is 23.8 Å². The lowest BCUT2D eigenvalue weighted by Gasteiger charge is -2.11. The summed E-state index contributed by atoms with van der Waals surface area (Å²) < 4.78 is 24.2. The maximum atomic E-state index is 13.6. The van der Waals surface area contributed by atoms with Crippen LogP contribution < -0.4 is 20.7 Å². The van der Waals surface area contributed by atoms with Gasteiger partial charge in [-0.15, -0.1) is 0 Å². The molecule has 1 N–H and O–H groups in total. The highest BCUT2D eigenvalue weighted by Gasteiger charge is 2.17. The molecule has 20 heavy (non-hydrogen) atoms. The van der Waals surface area contributed by atoms with Crippen molar-refractivity contribution in [2.45, 2.75) is 0 Å². The molecule has 1 aromatic carbocycles. The Bertz CT molecular complexity index is 769. The molecule has 0 atom stereocenters. The van der Waals surface area contributed by atoms with E-state index in [9.17, 15) is 14.0 Å². The largest absolute Gasteiger partial charge is 0.497 e. The Morgan fingerprint density at radius 1 is 1.25 bits per heavy atom. The molecular formula is C12H10ClFN2O4. The molecule has 0 saturated carbocycles. The zero-order valence-corrected chi connectivity index (χ0v) is 11.3. The Labute approximate surface area is 117 Å². The van der Waals surface area contributed by atoms with Crippen molar-refractivity contribution < 1.29 is 13.9 Å². The first kappa shape index (κ1) is 14.1. The van der Waals surface area contributed by atoms with E-state index in [1.54, 1.807) is 6.07 Å². The highest BCUT2D eigenvalue weighted by atomic mass is 35.5. The van der Waals surface area contributed by atoms with Crippen LogP contribution >= 0.6 is 11.6 Å². The second-order valence-electron chi connectivity index (χ2n) is 3.74. The molecule has 8 heteroatoms. The summed E-state index contributed by atoms with van der Waals surface area (Å²) in [5, 5.41) is -0.641. The number of nitrogens with zero attached hydrogens (tertiary/aromatic N) is 1. The topological polar surface area (TPSA) is 73.3 Å². The fourth-order valence-corrected chi connectivity index (χ4v) is 1.84. The predicted octanol–water partition coefficient (Wildman–Crippen LogP) is 1.34. The molecule has 6 nitrogen and oxygen atoms in total. The van der Waals surface area contributed by atoms with Crippen LogP contribution in [0.3, 0.4) is 0 Å². The molecule has 1 heterocycles. The van der Waals surface area contributed by atoms with E-state index in [1.807, 2.05) is 4.98 Å². The Balaban J connectivity index is 2.84. The number of aromatic amines is 1. The Hall–Kier alpha value is -2.28. The van der Waals surface area contributed by atoms with Gasteiger partial charge in [0.2, 0.25) is 5.82 Å². The summed E-state index contributed by atoms with van der Waals surface area (Å²) in [5.41, 5.74) is -2.01. The van der Waals surface area contributed by atoms with E-state index >= 15 is 0 Å². The highest BCUT2D eigenvalue weighted by molar-refractivity contribution is 6.29. The molecule has 0 aliphatic carbocycles. The van der Waals surface area contributed by atoms with Gasteiger partial charge >= 0.3 is 5.69 Å². The molecule has 2 rings (SSSR count). The number of benzene rings is 1. The third kappa shape index (κ3) is 2.27. The second kappa shape index (κ2) is 5.38. The number of hydrogen-bond acceptors (Lipinski definition) is 4. The van der Waals surface area contributed by atoms with Gasteiger partial charge < -0.3 is 9.47 Å². The van der Waals surface area contributed by atoms with Crippen molar-refractivity contribution in [1.29, 1.82) is 0 Å². The monoisotopic (exact) mass is 300 g/mol. The van der Waals surface area contributed by atoms with Crippen molar-refractivity contribution in [3.63, 3.8) is 0 Å². The van der Waals surface area contributed by atoms with Gasteiger partial charge in [-0.1, -0.05) is 11.6 Å². The molecule has 0 fully saturated rings. The number of rotatable bonds is 3. The molecular weight excluding hydrogens is 291 g/mol. The predicted molar refractivity (Wildman–Crippen MR) is 70.7 cm³/mol. The van der Waals surface area contributed by atoms with Gasteiger partial charge in [-0.3, -0.25) is 9.78 Å². The normalized spacial score (nSPS) is 10.4. The van der Waals surface area contributed by atoms with E-state index in [1.165, 1.54) is 26.4 Å². The quantitative estimate of drug-likeness (QED) is 0.868. The third-order valence-corrected chi connectivity index (χ3v) is 2.89. The maximum absolute atomic E-state index is 13.6. The van der Waals surface area contributed by atoms with Gasteiger partial charge in [0.15, 0.2) is 5.15 Å². The minimum absolute atomic E-state index is 0.0497. The van der Waals surface area contributed by atoms with E-state index in [2.05, 4.69) is 0 Å². The van der Waals surface area contributed by atoms with Crippen LogP contribution in [0.2, 0.25) is 5.15 Å². The Kier molecular flexibility index (Phi) is 3.80. The molecule has 0 bridgehead atoms. The van der Waals surface area contributed by atoms with Crippen LogP contribution in [0.15, 0.2) is 27.8 Å². The van der Waals surface area contributed by atoms with Crippen molar-refractivity contribution in [2.75, 3.05) is 14.2 Å². The van der Waals surface area contributed by atoms with Gasteiger partial charge in [0.1, 0.15) is 11.5 Å². The number of aromatic nitrogens is 2. The van der Waals surface area contributed by atoms with E-state index in [4.69, 9.17) is 21.1 Å². The smallest absolute Gasteiger partial charge is 0.334 e. The zero-order valence-electron chi connectivity index (χ0n) is 10.6. The fraction of sp³-hybridized carbons (Fsp3) is 0.167. The van der Waals surface area contributed by atoms with E-state index in [0.717, 1.165) is 0 Å². The molecule has 0 radical (unpaired) electrons. The minimum Gasteiger partial charge on any atom is -0.497 e. The highest BCUT2D eigenvalue weighted by Crippen LogP contribution is 2.25. The van der Waals surface area contributed by atoms with Crippen molar-refractivity contribution in [1.82, 2.24) is 9.55 Å². The standard InChI is InChI=1S/C12H10ClFN2O4/c1-19-6-3-4-8(20-2)7(5-6)16-11(17)9(14)10(13)15-12(16)18/h3-5H,1-2H3,(H,15,18). The lowest BCUT2D eigenvalue weighted by Crippen LogP contribution is -2.36. The van der Waals surface area contributed by atoms with Gasteiger partial charge in [0.05, 0.1) is 19.9 Å². The van der Waals surface area contributed by atoms with E-state index < -0.39 is 22.2 Å². The van der Waals surface area contributed by atoms with E-state index in [-0.39, 0.29) is 11.4 Å². The van der Waals surface area contributed by atoms with Gasteiger partial charge in [-0.25, -0.2) is 9.36 Å². The van der Waals surface area contributed by atoms with Crippen LogP contribution in [0.25, 0.3) is 5.69 Å². The lowest BCUT2D eigenvalue weighted by atomic mass is 10.2. The molecule has 2 aromatic rings.